The highest BCUT2D eigenvalue weighted by atomic mass is 16.5. The average molecular weight is 310 g/mol. The van der Waals surface area contributed by atoms with Crippen LogP contribution in [0.2, 0.25) is 0 Å². The number of carbonyl (C=O) groups is 1. The fraction of sp³-hybridized carbons (Fsp3) is 0.368. The van der Waals surface area contributed by atoms with Crippen molar-refractivity contribution in [3.8, 4) is 11.1 Å². The molecule has 23 heavy (non-hydrogen) atoms. The summed E-state index contributed by atoms with van der Waals surface area (Å²) in [5, 5.41) is 3.05. The van der Waals surface area contributed by atoms with Crippen LogP contribution in [0.4, 0.5) is 0 Å². The van der Waals surface area contributed by atoms with Crippen molar-refractivity contribution >= 4 is 5.91 Å². The van der Waals surface area contributed by atoms with Gasteiger partial charge in [-0.15, -0.1) is 0 Å². The van der Waals surface area contributed by atoms with Gasteiger partial charge in [0.05, 0.1) is 18.6 Å². The standard InChI is InChI=1S/C19H22N2O2/c1-14(21-19(22)12-18-5-3-11-23-18)15-6-8-16(9-7-15)17-4-2-10-20-13-17/h2,4,6-10,13-14,18H,3,5,11-12H2,1H3,(H,21,22). The van der Waals surface area contributed by atoms with Crippen LogP contribution in [0, 0.1) is 0 Å². The smallest absolute Gasteiger partial charge is 0.223 e. The molecule has 2 atom stereocenters. The molecule has 2 unspecified atom stereocenters. The Bertz CT molecular complexity index is 634. The third-order valence-corrected chi connectivity index (χ3v) is 4.22. The van der Waals surface area contributed by atoms with Gasteiger partial charge >= 0.3 is 0 Å². The zero-order valence-corrected chi connectivity index (χ0v) is 13.4. The first-order chi connectivity index (χ1) is 11.2. The van der Waals surface area contributed by atoms with Gasteiger partial charge in [0.2, 0.25) is 5.91 Å². The molecule has 120 valence electrons. The molecule has 1 aliphatic rings. The maximum Gasteiger partial charge on any atom is 0.223 e. The summed E-state index contributed by atoms with van der Waals surface area (Å²) in [4.78, 5) is 16.2. The number of benzene rings is 1. The van der Waals surface area contributed by atoms with Crippen LogP contribution in [-0.2, 0) is 9.53 Å². The average Bonchev–Trinajstić information content (AvgIpc) is 3.08. The highest BCUT2D eigenvalue weighted by Crippen LogP contribution is 2.21. The second-order valence-electron chi connectivity index (χ2n) is 5.99. The molecule has 1 aromatic heterocycles. The number of hydrogen-bond acceptors (Lipinski definition) is 3. The van der Waals surface area contributed by atoms with Crippen molar-refractivity contribution in [2.75, 3.05) is 6.61 Å². The zero-order chi connectivity index (χ0) is 16.1. The van der Waals surface area contributed by atoms with E-state index in [9.17, 15) is 4.79 Å². The van der Waals surface area contributed by atoms with Gasteiger partial charge in [-0.2, -0.15) is 0 Å². The number of nitrogens with zero attached hydrogens (tertiary/aromatic N) is 1. The molecule has 1 saturated heterocycles. The highest BCUT2D eigenvalue weighted by molar-refractivity contribution is 5.77. The van der Waals surface area contributed by atoms with Gasteiger partial charge in [-0.1, -0.05) is 30.3 Å². The molecule has 4 heteroatoms. The molecule has 3 rings (SSSR count). The van der Waals surface area contributed by atoms with Gasteiger partial charge in [0, 0.05) is 19.0 Å². The minimum atomic E-state index is -0.00754. The predicted octanol–water partition coefficient (Wildman–Crippen LogP) is 3.49. The van der Waals surface area contributed by atoms with Gasteiger partial charge in [-0.25, -0.2) is 0 Å². The van der Waals surface area contributed by atoms with Crippen molar-refractivity contribution in [3.05, 3.63) is 54.4 Å². The molecule has 0 radical (unpaired) electrons. The second-order valence-corrected chi connectivity index (χ2v) is 5.99. The Morgan fingerprint density at radius 3 is 2.78 bits per heavy atom. The number of nitrogens with one attached hydrogen (secondary N) is 1. The SMILES string of the molecule is CC(NC(=O)CC1CCCO1)c1ccc(-c2cccnc2)cc1. The summed E-state index contributed by atoms with van der Waals surface area (Å²) < 4.78 is 5.51. The van der Waals surface area contributed by atoms with Gasteiger partial charge in [-0.05, 0) is 42.5 Å². The number of ether oxygens (including phenoxy) is 1. The van der Waals surface area contributed by atoms with E-state index in [0.29, 0.717) is 6.42 Å². The Hall–Kier alpha value is -2.20. The van der Waals surface area contributed by atoms with Crippen LogP contribution < -0.4 is 5.32 Å². The molecule has 2 heterocycles. The first-order valence-electron chi connectivity index (χ1n) is 8.14. The number of carbonyl (C=O) groups excluding carboxylic acids is 1. The summed E-state index contributed by atoms with van der Waals surface area (Å²) in [6.07, 6.45) is 6.21. The third kappa shape index (κ3) is 4.17. The molecule has 1 N–H and O–H groups in total. The number of amides is 1. The van der Waals surface area contributed by atoms with Crippen LogP contribution in [0.1, 0.15) is 37.8 Å². The van der Waals surface area contributed by atoms with Crippen LogP contribution in [0.15, 0.2) is 48.8 Å². The Morgan fingerprint density at radius 1 is 1.30 bits per heavy atom. The Balaban J connectivity index is 1.59. The lowest BCUT2D eigenvalue weighted by molar-refractivity contribution is -0.123. The van der Waals surface area contributed by atoms with Crippen molar-refractivity contribution < 1.29 is 9.53 Å². The Labute approximate surface area is 136 Å². The summed E-state index contributed by atoms with van der Waals surface area (Å²) in [6, 6.07) is 12.2. The maximum absolute atomic E-state index is 12.1. The Kier molecular flexibility index (Phi) is 5.03. The van der Waals surface area contributed by atoms with Gasteiger partial charge in [0.1, 0.15) is 0 Å². The van der Waals surface area contributed by atoms with Crippen molar-refractivity contribution in [1.29, 1.82) is 0 Å². The monoisotopic (exact) mass is 310 g/mol. The molecule has 1 amide bonds. The van der Waals surface area contributed by atoms with E-state index in [-0.39, 0.29) is 18.1 Å². The molecular formula is C19H22N2O2. The second kappa shape index (κ2) is 7.38. The van der Waals surface area contributed by atoms with Gasteiger partial charge in [0.25, 0.3) is 0 Å². The fourth-order valence-electron chi connectivity index (χ4n) is 2.89. The van der Waals surface area contributed by atoms with Crippen molar-refractivity contribution in [2.24, 2.45) is 0 Å². The van der Waals surface area contributed by atoms with E-state index in [4.69, 9.17) is 4.74 Å². The van der Waals surface area contributed by atoms with E-state index in [0.717, 1.165) is 36.1 Å². The molecule has 0 spiro atoms. The lowest BCUT2D eigenvalue weighted by Gasteiger charge is -2.16. The molecule has 0 bridgehead atoms. The van der Waals surface area contributed by atoms with Crippen LogP contribution in [-0.4, -0.2) is 23.6 Å². The molecule has 4 nitrogen and oxygen atoms in total. The highest BCUT2D eigenvalue weighted by Gasteiger charge is 2.20. The molecule has 2 aromatic rings. The van der Waals surface area contributed by atoms with Crippen LogP contribution in [0.25, 0.3) is 11.1 Å². The normalized spacial score (nSPS) is 18.6. The summed E-state index contributed by atoms with van der Waals surface area (Å²) in [6.45, 7) is 2.79. The van der Waals surface area contributed by atoms with Crippen LogP contribution >= 0.6 is 0 Å². The van der Waals surface area contributed by atoms with E-state index in [2.05, 4.69) is 34.6 Å². The number of pyridine rings is 1. The molecule has 0 aliphatic carbocycles. The van der Waals surface area contributed by atoms with E-state index >= 15 is 0 Å². The molecular weight excluding hydrogens is 288 g/mol. The van der Waals surface area contributed by atoms with E-state index in [1.807, 2.05) is 25.3 Å². The first kappa shape index (κ1) is 15.7. The van der Waals surface area contributed by atoms with E-state index in [1.165, 1.54) is 0 Å². The maximum atomic E-state index is 12.1. The third-order valence-electron chi connectivity index (χ3n) is 4.22. The molecule has 1 fully saturated rings. The van der Waals surface area contributed by atoms with Gasteiger partial charge < -0.3 is 10.1 Å². The van der Waals surface area contributed by atoms with E-state index in [1.54, 1.807) is 6.20 Å². The summed E-state index contributed by atoms with van der Waals surface area (Å²) in [5.74, 6) is 0.0562. The summed E-state index contributed by atoms with van der Waals surface area (Å²) in [5.41, 5.74) is 3.31. The summed E-state index contributed by atoms with van der Waals surface area (Å²) in [7, 11) is 0. The van der Waals surface area contributed by atoms with E-state index < -0.39 is 0 Å². The molecule has 0 saturated carbocycles. The minimum Gasteiger partial charge on any atom is -0.378 e. The molecule has 1 aromatic carbocycles. The predicted molar refractivity (Wildman–Crippen MR) is 89.8 cm³/mol. The number of hydrogen-bond donors (Lipinski definition) is 1. The Morgan fingerprint density at radius 2 is 2.13 bits per heavy atom. The van der Waals surface area contributed by atoms with Gasteiger partial charge in [0.15, 0.2) is 0 Å². The lowest BCUT2D eigenvalue weighted by atomic mass is 10.0. The van der Waals surface area contributed by atoms with Crippen molar-refractivity contribution in [2.45, 2.75) is 38.3 Å². The largest absolute Gasteiger partial charge is 0.378 e. The number of rotatable bonds is 5. The van der Waals surface area contributed by atoms with Crippen LogP contribution in [0.3, 0.4) is 0 Å². The zero-order valence-electron chi connectivity index (χ0n) is 13.4. The van der Waals surface area contributed by atoms with Crippen LogP contribution in [0.5, 0.6) is 0 Å². The topological polar surface area (TPSA) is 51.2 Å². The van der Waals surface area contributed by atoms with Gasteiger partial charge in [-0.3, -0.25) is 9.78 Å². The first-order valence-corrected chi connectivity index (χ1v) is 8.14. The fourth-order valence-corrected chi connectivity index (χ4v) is 2.89. The summed E-state index contributed by atoms with van der Waals surface area (Å²) >= 11 is 0. The van der Waals surface area contributed by atoms with Crippen molar-refractivity contribution in [1.82, 2.24) is 10.3 Å². The quantitative estimate of drug-likeness (QED) is 0.919. The van der Waals surface area contributed by atoms with Crippen molar-refractivity contribution in [3.63, 3.8) is 0 Å². The number of aromatic nitrogens is 1. The lowest BCUT2D eigenvalue weighted by Crippen LogP contribution is -2.29. The minimum absolute atomic E-state index is 0.00754. The molecule has 1 aliphatic heterocycles.